The zero-order valence-electron chi connectivity index (χ0n) is 15.6. The molecule has 144 valence electrons. The number of carbonyl (C=O) groups is 2. The predicted molar refractivity (Wildman–Crippen MR) is 101 cm³/mol. The van der Waals surface area contributed by atoms with Crippen molar-refractivity contribution in [3.8, 4) is 11.5 Å². The Kier molecular flexibility index (Phi) is 7.16. The first-order valence-corrected chi connectivity index (χ1v) is 8.46. The minimum Gasteiger partial charge on any atom is -0.497 e. The van der Waals surface area contributed by atoms with Crippen molar-refractivity contribution in [2.24, 2.45) is 0 Å². The molecule has 0 heterocycles. The van der Waals surface area contributed by atoms with E-state index >= 15 is 0 Å². The standard InChI is InChI=1S/C20H23FN2O4/c1-14(24)23(18-13-17(26-2)8-9-19(18)27-3)11-10-22-20(25)12-15-4-6-16(21)7-5-15/h4-9,13H,10-12H2,1-3H3,(H,22,25). The minimum absolute atomic E-state index is 0.142. The second-order valence-electron chi connectivity index (χ2n) is 5.86. The Hall–Kier alpha value is -3.09. The quantitative estimate of drug-likeness (QED) is 0.771. The summed E-state index contributed by atoms with van der Waals surface area (Å²) in [5, 5.41) is 2.77. The number of amides is 2. The molecule has 0 saturated heterocycles. The number of carbonyl (C=O) groups excluding carboxylic acids is 2. The van der Waals surface area contributed by atoms with Gasteiger partial charge >= 0.3 is 0 Å². The van der Waals surface area contributed by atoms with Gasteiger partial charge in [0.25, 0.3) is 0 Å². The first-order chi connectivity index (χ1) is 12.9. The highest BCUT2D eigenvalue weighted by Crippen LogP contribution is 2.32. The fraction of sp³-hybridized carbons (Fsp3) is 0.300. The Balaban J connectivity index is 1.99. The van der Waals surface area contributed by atoms with Gasteiger partial charge in [-0.15, -0.1) is 0 Å². The molecule has 0 aromatic heterocycles. The van der Waals surface area contributed by atoms with Gasteiger partial charge in [-0.2, -0.15) is 0 Å². The number of benzene rings is 2. The Morgan fingerprint density at radius 3 is 2.37 bits per heavy atom. The summed E-state index contributed by atoms with van der Waals surface area (Å²) in [5.41, 5.74) is 1.28. The molecule has 2 aromatic carbocycles. The SMILES string of the molecule is COc1ccc(OC)c(N(CCNC(=O)Cc2ccc(F)cc2)C(C)=O)c1. The summed E-state index contributed by atoms with van der Waals surface area (Å²) < 4.78 is 23.4. The molecule has 0 aliphatic rings. The summed E-state index contributed by atoms with van der Waals surface area (Å²) in [5.74, 6) is 0.390. The van der Waals surface area contributed by atoms with E-state index in [1.54, 1.807) is 37.4 Å². The Labute approximate surface area is 157 Å². The summed E-state index contributed by atoms with van der Waals surface area (Å²) in [7, 11) is 3.06. The molecule has 6 nitrogen and oxygen atoms in total. The lowest BCUT2D eigenvalue weighted by Gasteiger charge is -2.24. The van der Waals surface area contributed by atoms with E-state index in [1.165, 1.54) is 31.1 Å². The lowest BCUT2D eigenvalue weighted by molar-refractivity contribution is -0.121. The van der Waals surface area contributed by atoms with Gasteiger partial charge in [0, 0.05) is 26.1 Å². The summed E-state index contributed by atoms with van der Waals surface area (Å²) >= 11 is 0. The van der Waals surface area contributed by atoms with Crippen LogP contribution in [0.5, 0.6) is 11.5 Å². The number of halogens is 1. The topological polar surface area (TPSA) is 67.9 Å². The van der Waals surface area contributed by atoms with Crippen LogP contribution in [-0.2, 0) is 16.0 Å². The molecule has 0 radical (unpaired) electrons. The fourth-order valence-corrected chi connectivity index (χ4v) is 2.61. The lowest BCUT2D eigenvalue weighted by atomic mass is 10.1. The van der Waals surface area contributed by atoms with E-state index in [2.05, 4.69) is 5.32 Å². The largest absolute Gasteiger partial charge is 0.497 e. The molecule has 27 heavy (non-hydrogen) atoms. The molecule has 2 aromatic rings. The Morgan fingerprint density at radius 1 is 1.07 bits per heavy atom. The third kappa shape index (κ3) is 5.70. The first kappa shape index (κ1) is 20.2. The van der Waals surface area contributed by atoms with Crippen LogP contribution in [0.15, 0.2) is 42.5 Å². The van der Waals surface area contributed by atoms with Gasteiger partial charge in [-0.3, -0.25) is 9.59 Å². The van der Waals surface area contributed by atoms with Crippen LogP contribution < -0.4 is 19.7 Å². The summed E-state index contributed by atoms with van der Waals surface area (Å²) in [4.78, 5) is 25.7. The zero-order valence-corrected chi connectivity index (χ0v) is 15.6. The second kappa shape index (κ2) is 9.56. The molecule has 0 atom stereocenters. The molecule has 0 bridgehead atoms. The molecule has 7 heteroatoms. The van der Waals surface area contributed by atoms with Crippen molar-refractivity contribution >= 4 is 17.5 Å². The van der Waals surface area contributed by atoms with Gasteiger partial charge in [-0.25, -0.2) is 4.39 Å². The highest BCUT2D eigenvalue weighted by Gasteiger charge is 2.17. The van der Waals surface area contributed by atoms with Crippen molar-refractivity contribution in [1.29, 1.82) is 0 Å². The molecule has 0 aliphatic carbocycles. The van der Waals surface area contributed by atoms with Crippen molar-refractivity contribution in [3.05, 3.63) is 53.8 Å². The van der Waals surface area contributed by atoms with Crippen molar-refractivity contribution < 1.29 is 23.5 Å². The van der Waals surface area contributed by atoms with Gasteiger partial charge in [0.15, 0.2) is 0 Å². The number of methoxy groups -OCH3 is 2. The van der Waals surface area contributed by atoms with E-state index in [9.17, 15) is 14.0 Å². The number of nitrogens with one attached hydrogen (secondary N) is 1. The van der Waals surface area contributed by atoms with Gasteiger partial charge in [-0.05, 0) is 29.8 Å². The van der Waals surface area contributed by atoms with E-state index in [4.69, 9.17) is 9.47 Å². The van der Waals surface area contributed by atoms with Crippen LogP contribution in [0.25, 0.3) is 0 Å². The molecule has 2 amide bonds. The van der Waals surface area contributed by atoms with Crippen LogP contribution in [-0.4, -0.2) is 39.1 Å². The van der Waals surface area contributed by atoms with Crippen LogP contribution in [0.2, 0.25) is 0 Å². The molecule has 0 aliphatic heterocycles. The van der Waals surface area contributed by atoms with Crippen LogP contribution in [0.1, 0.15) is 12.5 Å². The van der Waals surface area contributed by atoms with Gasteiger partial charge in [-0.1, -0.05) is 12.1 Å². The molecule has 1 N–H and O–H groups in total. The monoisotopic (exact) mass is 374 g/mol. The summed E-state index contributed by atoms with van der Waals surface area (Å²) in [6.07, 6.45) is 0.142. The highest BCUT2D eigenvalue weighted by molar-refractivity contribution is 5.93. The van der Waals surface area contributed by atoms with Crippen molar-refractivity contribution in [2.75, 3.05) is 32.2 Å². The maximum Gasteiger partial charge on any atom is 0.224 e. The Bertz CT molecular complexity index is 793. The third-order valence-corrected chi connectivity index (χ3v) is 3.99. The fourth-order valence-electron chi connectivity index (χ4n) is 2.61. The normalized spacial score (nSPS) is 10.2. The van der Waals surface area contributed by atoms with Crippen LogP contribution in [0, 0.1) is 5.82 Å². The van der Waals surface area contributed by atoms with Crippen LogP contribution in [0.3, 0.4) is 0 Å². The van der Waals surface area contributed by atoms with E-state index in [-0.39, 0.29) is 37.1 Å². The van der Waals surface area contributed by atoms with Gasteiger partial charge in [0.1, 0.15) is 17.3 Å². The number of anilines is 1. The van der Waals surface area contributed by atoms with Gasteiger partial charge in [0.2, 0.25) is 11.8 Å². The summed E-state index contributed by atoms with van der Waals surface area (Å²) in [6, 6.07) is 10.9. The number of rotatable bonds is 8. The molecule has 0 fully saturated rings. The number of nitrogens with zero attached hydrogens (tertiary/aromatic N) is 1. The number of hydrogen-bond donors (Lipinski definition) is 1. The molecular formula is C20H23FN2O4. The van der Waals surface area contributed by atoms with Crippen LogP contribution >= 0.6 is 0 Å². The van der Waals surface area contributed by atoms with Crippen molar-refractivity contribution in [2.45, 2.75) is 13.3 Å². The Morgan fingerprint density at radius 2 is 1.78 bits per heavy atom. The smallest absolute Gasteiger partial charge is 0.224 e. The number of ether oxygens (including phenoxy) is 2. The predicted octanol–water partition coefficient (Wildman–Crippen LogP) is 2.55. The maximum absolute atomic E-state index is 12.9. The van der Waals surface area contributed by atoms with Crippen molar-refractivity contribution in [3.63, 3.8) is 0 Å². The molecule has 2 rings (SSSR count). The average molecular weight is 374 g/mol. The maximum atomic E-state index is 12.9. The molecule has 0 saturated carbocycles. The zero-order chi connectivity index (χ0) is 19.8. The second-order valence-corrected chi connectivity index (χ2v) is 5.86. The van der Waals surface area contributed by atoms with E-state index in [0.717, 1.165) is 0 Å². The van der Waals surface area contributed by atoms with Crippen molar-refractivity contribution in [1.82, 2.24) is 5.32 Å². The van der Waals surface area contributed by atoms with Gasteiger partial charge < -0.3 is 19.7 Å². The van der Waals surface area contributed by atoms with E-state index < -0.39 is 0 Å². The van der Waals surface area contributed by atoms with E-state index in [1.807, 2.05) is 0 Å². The third-order valence-electron chi connectivity index (χ3n) is 3.99. The minimum atomic E-state index is -0.344. The first-order valence-electron chi connectivity index (χ1n) is 8.46. The summed E-state index contributed by atoms with van der Waals surface area (Å²) in [6.45, 7) is 1.98. The van der Waals surface area contributed by atoms with E-state index in [0.29, 0.717) is 22.7 Å². The number of hydrogen-bond acceptors (Lipinski definition) is 4. The van der Waals surface area contributed by atoms with Crippen LogP contribution in [0.4, 0.5) is 10.1 Å². The lowest BCUT2D eigenvalue weighted by Crippen LogP contribution is -2.38. The highest BCUT2D eigenvalue weighted by atomic mass is 19.1. The molecule has 0 unspecified atom stereocenters. The molecule has 0 spiro atoms. The van der Waals surface area contributed by atoms with Gasteiger partial charge in [0.05, 0.1) is 26.3 Å². The average Bonchev–Trinajstić information content (AvgIpc) is 2.66. The molecular weight excluding hydrogens is 351 g/mol.